The third-order valence-electron chi connectivity index (χ3n) is 6.85. The van der Waals surface area contributed by atoms with Gasteiger partial charge in [0.25, 0.3) is 5.91 Å². The second kappa shape index (κ2) is 33.7. The van der Waals surface area contributed by atoms with E-state index in [2.05, 4.69) is 64.1 Å². The van der Waals surface area contributed by atoms with Gasteiger partial charge in [0.05, 0.1) is 0 Å². The molecule has 0 bridgehead atoms. The summed E-state index contributed by atoms with van der Waals surface area (Å²) in [6.07, 6.45) is 5.50. The van der Waals surface area contributed by atoms with Gasteiger partial charge in [-0.15, -0.1) is 0 Å². The molecule has 3 amide bonds. The van der Waals surface area contributed by atoms with Crippen LogP contribution in [0, 0.1) is 23.7 Å². The van der Waals surface area contributed by atoms with Gasteiger partial charge in [0.2, 0.25) is 11.8 Å². The van der Waals surface area contributed by atoms with Crippen LogP contribution in [0.25, 0.3) is 0 Å². The molecule has 1 rings (SSSR count). The Morgan fingerprint density at radius 2 is 1.18 bits per heavy atom. The number of aliphatic carboxylic acids is 1. The van der Waals surface area contributed by atoms with E-state index in [-0.39, 0.29) is 60.1 Å². The number of nitrogens with two attached hydrogens (primary N) is 1. The summed E-state index contributed by atoms with van der Waals surface area (Å²) in [7, 11) is 0. The Balaban J connectivity index is -0.000000250. The molecule has 0 radical (unpaired) electrons. The molecule has 4 unspecified atom stereocenters. The second-order valence-corrected chi connectivity index (χ2v) is 11.0. The molecule has 0 saturated carbocycles. The smallest absolute Gasteiger partial charge is 0.550 e. The largest absolute Gasteiger partial charge is 1.00 e. The van der Waals surface area contributed by atoms with Crippen LogP contribution in [0.1, 0.15) is 104 Å². The van der Waals surface area contributed by atoms with Gasteiger partial charge in [-0.05, 0) is 54.8 Å². The fourth-order valence-electron chi connectivity index (χ4n) is 2.50. The van der Waals surface area contributed by atoms with Gasteiger partial charge in [0, 0.05) is 37.6 Å². The maximum absolute atomic E-state index is 11.6. The van der Waals surface area contributed by atoms with Crippen LogP contribution in [-0.4, -0.2) is 49.9 Å². The van der Waals surface area contributed by atoms with Crippen molar-refractivity contribution in [2.45, 2.75) is 93.9 Å². The molecule has 0 spiro atoms. The van der Waals surface area contributed by atoms with Crippen molar-refractivity contribution < 1.29 is 53.8 Å². The van der Waals surface area contributed by atoms with Crippen molar-refractivity contribution in [1.82, 2.24) is 16.0 Å². The third kappa shape index (κ3) is 34.3. The van der Waals surface area contributed by atoms with Crippen molar-refractivity contribution >= 4 is 23.7 Å². The van der Waals surface area contributed by atoms with E-state index in [4.69, 9.17) is 5.73 Å². The number of benzene rings is 1. The monoisotopic (exact) mass is 628 g/mol. The Kier molecular flexibility index (Phi) is 37.3. The number of carboxylic acid groups (broad SMARTS) is 1. The minimum atomic E-state index is -1.18. The van der Waals surface area contributed by atoms with Crippen molar-refractivity contribution in [1.29, 1.82) is 0 Å². The molecular weight excluding hydrogens is 567 g/mol. The van der Waals surface area contributed by atoms with Crippen molar-refractivity contribution in [3.05, 3.63) is 48.6 Å². The first-order valence-electron chi connectivity index (χ1n) is 15.7. The van der Waals surface area contributed by atoms with E-state index < -0.39 is 5.97 Å². The van der Waals surface area contributed by atoms with E-state index >= 15 is 0 Å². The Morgan fingerprint density at radius 3 is 1.55 bits per heavy atom. The average molecular weight is 629 g/mol. The molecule has 0 aromatic heterocycles. The number of amides is 3. The molecule has 44 heavy (non-hydrogen) atoms. The number of hydrogen-bond donors (Lipinski definition) is 4. The van der Waals surface area contributed by atoms with Crippen LogP contribution in [0.2, 0.25) is 0 Å². The Labute approximate surface area is 290 Å². The van der Waals surface area contributed by atoms with Gasteiger partial charge in [-0.1, -0.05) is 106 Å². The van der Waals surface area contributed by atoms with Crippen LogP contribution in [0.3, 0.4) is 0 Å². The van der Waals surface area contributed by atoms with Gasteiger partial charge < -0.3 is 31.6 Å². The summed E-state index contributed by atoms with van der Waals surface area (Å²) in [6, 6.07) is 9.31. The van der Waals surface area contributed by atoms with Gasteiger partial charge in [0.1, 0.15) is 0 Å². The molecule has 0 fully saturated rings. The summed E-state index contributed by atoms with van der Waals surface area (Å²) in [5.41, 5.74) is 6.01. The molecule has 9 nitrogen and oxygen atoms in total. The standard InChI is InChI=1S/C12H17NO.C9H17NO3.C8H15NO.C5H13N.Na/c1-3-10(2)9-13-12(14)11-7-5-4-6-8-11;1-3-7(2)6-10-8(11)4-5-9(12)13;1-4-7(3)6-9-8(10)5-2;1-3-5(2)4-6;/h4-8,10H,3,9H2,1-2H3,(H,13,14);7H,3-6H2,1-2H3,(H,10,11)(H,12,13);5,7H,2,4,6H2,1,3H3,(H,9,10);5H,3-4,6H2,1-2H3;/q;;;;+1/p-1. The van der Waals surface area contributed by atoms with Crippen LogP contribution in [0.4, 0.5) is 0 Å². The quantitative estimate of drug-likeness (QED) is 0.161. The predicted molar refractivity (Wildman–Crippen MR) is 176 cm³/mol. The van der Waals surface area contributed by atoms with E-state index in [0.717, 1.165) is 44.5 Å². The summed E-state index contributed by atoms with van der Waals surface area (Å²) in [5.74, 6) is 0.790. The first kappa shape index (κ1) is 48.7. The zero-order valence-corrected chi connectivity index (χ0v) is 31.2. The molecule has 0 heterocycles. The topological polar surface area (TPSA) is 153 Å². The number of carboxylic acids is 1. The minimum absolute atomic E-state index is 0. The molecule has 248 valence electrons. The summed E-state index contributed by atoms with van der Waals surface area (Å²) >= 11 is 0. The summed E-state index contributed by atoms with van der Waals surface area (Å²) in [6.45, 7) is 23.1. The fourth-order valence-corrected chi connectivity index (χ4v) is 2.50. The molecule has 0 saturated heterocycles. The maximum Gasteiger partial charge on any atom is 1.00 e. The molecular formula is C34H61N4NaO5. The molecule has 4 atom stereocenters. The van der Waals surface area contributed by atoms with E-state index in [1.165, 1.54) is 12.5 Å². The predicted octanol–water partition coefficient (Wildman–Crippen LogP) is 1.47. The summed E-state index contributed by atoms with van der Waals surface area (Å²) < 4.78 is 0. The van der Waals surface area contributed by atoms with Crippen molar-refractivity contribution in [3.8, 4) is 0 Å². The van der Waals surface area contributed by atoms with Gasteiger partial charge in [0.15, 0.2) is 0 Å². The molecule has 0 aliphatic carbocycles. The summed E-state index contributed by atoms with van der Waals surface area (Å²) in [5, 5.41) is 18.3. The first-order chi connectivity index (χ1) is 20.3. The molecule has 0 aliphatic heterocycles. The Morgan fingerprint density at radius 1 is 0.750 bits per heavy atom. The van der Waals surface area contributed by atoms with Crippen molar-refractivity contribution in [2.24, 2.45) is 29.4 Å². The maximum atomic E-state index is 11.6. The molecule has 1 aromatic carbocycles. The SMILES string of the molecule is C=CC(=O)NCC(C)CC.CCC(C)CN.CCC(C)CNC(=O)CCC(=O)[O-].CCC(C)CNC(=O)c1ccccc1.[Na+]. The van der Waals surface area contributed by atoms with Gasteiger partial charge in [-0.3, -0.25) is 14.4 Å². The second-order valence-electron chi connectivity index (χ2n) is 11.0. The number of carbonyl (C=O) groups excluding carboxylic acids is 4. The normalized spacial score (nSPS) is 12.2. The molecule has 1 aromatic rings. The third-order valence-corrected chi connectivity index (χ3v) is 6.85. The number of carbonyl (C=O) groups is 4. The van der Waals surface area contributed by atoms with Gasteiger partial charge in [-0.2, -0.15) is 0 Å². The number of nitrogens with one attached hydrogen (secondary N) is 3. The van der Waals surface area contributed by atoms with E-state index in [9.17, 15) is 24.3 Å². The van der Waals surface area contributed by atoms with Crippen molar-refractivity contribution in [2.75, 3.05) is 26.2 Å². The molecule has 10 heteroatoms. The van der Waals surface area contributed by atoms with Crippen LogP contribution < -0.4 is 56.3 Å². The van der Waals surface area contributed by atoms with Crippen LogP contribution in [-0.2, 0) is 14.4 Å². The fraction of sp³-hybridized carbons (Fsp3) is 0.647. The Bertz CT molecular complexity index is 866. The zero-order valence-electron chi connectivity index (χ0n) is 29.2. The minimum Gasteiger partial charge on any atom is -0.550 e. The van der Waals surface area contributed by atoms with E-state index in [1.807, 2.05) is 44.2 Å². The Hall–Kier alpha value is -2.20. The van der Waals surface area contributed by atoms with Crippen LogP contribution in [0.15, 0.2) is 43.0 Å². The summed E-state index contributed by atoms with van der Waals surface area (Å²) in [4.78, 5) is 43.1. The average Bonchev–Trinajstić information content (AvgIpc) is 3.04. The van der Waals surface area contributed by atoms with E-state index in [1.54, 1.807) is 0 Å². The molecule has 0 aliphatic rings. The van der Waals surface area contributed by atoms with Crippen molar-refractivity contribution in [3.63, 3.8) is 0 Å². The molecule has 5 N–H and O–H groups in total. The van der Waals surface area contributed by atoms with E-state index in [0.29, 0.717) is 30.2 Å². The zero-order chi connectivity index (χ0) is 33.6. The number of rotatable bonds is 16. The van der Waals surface area contributed by atoms with Gasteiger partial charge >= 0.3 is 29.6 Å². The van der Waals surface area contributed by atoms with Crippen LogP contribution >= 0.6 is 0 Å². The van der Waals surface area contributed by atoms with Crippen LogP contribution in [0.5, 0.6) is 0 Å². The number of hydrogen-bond acceptors (Lipinski definition) is 6. The first-order valence-corrected chi connectivity index (χ1v) is 15.7. The van der Waals surface area contributed by atoms with Gasteiger partial charge in [-0.25, -0.2) is 0 Å².